The number of Topliss-reactive ketones (excluding diaryl/α,β-unsaturated/α-hetero) is 1. The zero-order valence-corrected chi connectivity index (χ0v) is 16.1. The first-order valence-corrected chi connectivity index (χ1v) is 11.3. The number of aliphatic hydroxyl groups is 2. The molecule has 0 bridgehead atoms. The Morgan fingerprint density at radius 3 is 1.65 bits per heavy atom. The molecule has 3 nitrogen and oxygen atoms in total. The third-order valence-electron chi connectivity index (χ3n) is 2.99. The van der Waals surface area contributed by atoms with Crippen molar-refractivity contribution in [2.24, 2.45) is 0 Å². The van der Waals surface area contributed by atoms with Crippen molar-refractivity contribution in [3.63, 3.8) is 0 Å². The van der Waals surface area contributed by atoms with E-state index in [0.29, 0.717) is 23.2 Å². The fourth-order valence-corrected chi connectivity index (χ4v) is 3.37. The van der Waals surface area contributed by atoms with Gasteiger partial charge in [0.2, 0.25) is 5.78 Å². The van der Waals surface area contributed by atoms with Crippen LogP contribution in [0.15, 0.2) is 24.3 Å². The zero-order chi connectivity index (χ0) is 20.7. The monoisotopic (exact) mass is 428 g/mol. The molecule has 0 radical (unpaired) electrons. The molecule has 0 aromatic heterocycles. The standard InChI is InChI=1S/C15H23O3S.F6P/c1-12(2)13-3-5-14(6-4-13)15(18)11-19(9-7-16)10-8-17;1-7(2,3,4,5)6/h3-6,12,16-17H,7-11H2,1-2H3;/q+1;-1. The first kappa shape index (κ1) is 25.2. The number of hydrogen-bond acceptors (Lipinski definition) is 3. The van der Waals surface area contributed by atoms with E-state index in [2.05, 4.69) is 13.8 Å². The van der Waals surface area contributed by atoms with Crippen LogP contribution in [0.3, 0.4) is 0 Å². The molecule has 154 valence electrons. The van der Waals surface area contributed by atoms with Crippen LogP contribution >= 0.6 is 7.81 Å². The predicted octanol–water partition coefficient (Wildman–Crippen LogP) is 4.98. The molecule has 26 heavy (non-hydrogen) atoms. The molecule has 1 aromatic rings. The summed E-state index contributed by atoms with van der Waals surface area (Å²) in [7, 11) is -10.9. The van der Waals surface area contributed by atoms with Gasteiger partial charge in [-0.3, -0.25) is 4.79 Å². The van der Waals surface area contributed by atoms with Crippen LogP contribution in [0.1, 0.15) is 35.7 Å². The number of ketones is 1. The van der Waals surface area contributed by atoms with Gasteiger partial charge in [0.05, 0.1) is 13.2 Å². The number of benzene rings is 1. The Bertz CT molecular complexity index is 557. The Balaban J connectivity index is 0.000000758. The second-order valence-corrected chi connectivity index (χ2v) is 10.0. The minimum absolute atomic E-state index is 0.0721. The molecule has 0 saturated carbocycles. The summed E-state index contributed by atoms with van der Waals surface area (Å²) in [6.45, 7) is 4.39. The third-order valence-corrected chi connectivity index (χ3v) is 5.18. The van der Waals surface area contributed by atoms with Crippen LogP contribution in [-0.2, 0) is 10.9 Å². The molecule has 2 N–H and O–H groups in total. The Morgan fingerprint density at radius 2 is 1.35 bits per heavy atom. The van der Waals surface area contributed by atoms with Crippen molar-refractivity contribution in [3.8, 4) is 0 Å². The van der Waals surface area contributed by atoms with E-state index in [9.17, 15) is 30.0 Å². The first-order valence-electron chi connectivity index (χ1n) is 7.59. The number of halogens is 6. The molecule has 0 amide bonds. The van der Waals surface area contributed by atoms with E-state index in [1.807, 2.05) is 24.3 Å². The number of rotatable bonds is 8. The molecule has 0 aliphatic carbocycles. The molecule has 0 aliphatic rings. The van der Waals surface area contributed by atoms with Crippen LogP contribution in [0.2, 0.25) is 0 Å². The van der Waals surface area contributed by atoms with Crippen molar-refractivity contribution in [1.29, 1.82) is 0 Å². The molecule has 0 saturated heterocycles. The van der Waals surface area contributed by atoms with E-state index in [1.165, 1.54) is 5.56 Å². The molecule has 0 fully saturated rings. The summed E-state index contributed by atoms with van der Waals surface area (Å²) in [5.41, 5.74) is 1.94. The van der Waals surface area contributed by atoms with Crippen molar-refractivity contribution in [2.75, 3.05) is 30.5 Å². The molecule has 0 heterocycles. The molecule has 0 unspecified atom stereocenters. The molecular formula is C15H23F6O3PS. The molecule has 1 rings (SSSR count). The van der Waals surface area contributed by atoms with Gasteiger partial charge < -0.3 is 10.2 Å². The van der Waals surface area contributed by atoms with Crippen molar-refractivity contribution in [3.05, 3.63) is 35.4 Å². The molecule has 0 spiro atoms. The number of carbonyl (C=O) groups excluding carboxylic acids is 1. The maximum absolute atomic E-state index is 12.1. The van der Waals surface area contributed by atoms with Crippen LogP contribution < -0.4 is 0 Å². The molecule has 1 aromatic carbocycles. The normalized spacial score (nSPS) is 14.5. The predicted molar refractivity (Wildman–Crippen MR) is 94.6 cm³/mol. The fraction of sp³-hybridized carbons (Fsp3) is 0.533. The Morgan fingerprint density at radius 1 is 0.962 bits per heavy atom. The minimum atomic E-state index is -10.7. The van der Waals surface area contributed by atoms with Crippen LogP contribution in [0.4, 0.5) is 25.2 Å². The quantitative estimate of drug-likeness (QED) is 0.266. The van der Waals surface area contributed by atoms with Gasteiger partial charge >= 0.3 is 33.0 Å². The van der Waals surface area contributed by atoms with Gasteiger partial charge in [-0.25, -0.2) is 0 Å². The molecule has 0 atom stereocenters. The summed E-state index contributed by atoms with van der Waals surface area (Å²) in [6.07, 6.45) is 0. The molecule has 0 aliphatic heterocycles. The number of aliphatic hydroxyl groups excluding tert-OH is 2. The Labute approximate surface area is 151 Å². The summed E-state index contributed by atoms with van der Waals surface area (Å²) < 4.78 is 59.2. The average molecular weight is 428 g/mol. The molecule has 11 heteroatoms. The van der Waals surface area contributed by atoms with Crippen molar-refractivity contribution in [1.82, 2.24) is 0 Å². The van der Waals surface area contributed by atoms with Gasteiger partial charge in [-0.1, -0.05) is 38.1 Å². The van der Waals surface area contributed by atoms with E-state index in [4.69, 9.17) is 10.2 Å². The van der Waals surface area contributed by atoms with Crippen LogP contribution in [0.5, 0.6) is 0 Å². The third kappa shape index (κ3) is 15.4. The topological polar surface area (TPSA) is 57.5 Å². The van der Waals surface area contributed by atoms with E-state index < -0.39 is 7.81 Å². The SMILES string of the molecule is CC(C)c1ccc(C(=O)C[S+](CCO)CCO)cc1.F[P-](F)(F)(F)(F)F. The zero-order valence-electron chi connectivity index (χ0n) is 14.3. The van der Waals surface area contributed by atoms with Crippen molar-refractivity contribution >= 4 is 24.5 Å². The maximum atomic E-state index is 12.1. The fourth-order valence-electron chi connectivity index (χ4n) is 1.83. The van der Waals surface area contributed by atoms with E-state index in [1.54, 1.807) is 0 Å². The summed E-state index contributed by atoms with van der Waals surface area (Å²) in [5, 5.41) is 17.9. The van der Waals surface area contributed by atoms with Crippen molar-refractivity contribution < 1.29 is 40.2 Å². The second-order valence-electron chi connectivity index (χ2n) is 5.77. The number of carbonyl (C=O) groups is 1. The Hall–Kier alpha value is -0.830. The van der Waals surface area contributed by atoms with Crippen molar-refractivity contribution in [2.45, 2.75) is 19.8 Å². The van der Waals surface area contributed by atoms with Crippen LogP contribution in [0.25, 0.3) is 0 Å². The molecular weight excluding hydrogens is 405 g/mol. The first-order chi connectivity index (χ1) is 11.5. The van der Waals surface area contributed by atoms with E-state index >= 15 is 0 Å². The van der Waals surface area contributed by atoms with Gasteiger partial charge in [0, 0.05) is 16.5 Å². The summed E-state index contributed by atoms with van der Waals surface area (Å²) >= 11 is 0. The van der Waals surface area contributed by atoms with Crippen LogP contribution in [-0.4, -0.2) is 46.5 Å². The van der Waals surface area contributed by atoms with Gasteiger partial charge in [0.15, 0.2) is 5.75 Å². The van der Waals surface area contributed by atoms with Gasteiger partial charge in [-0.05, 0) is 11.5 Å². The van der Waals surface area contributed by atoms with Crippen LogP contribution in [0, 0.1) is 0 Å². The summed E-state index contributed by atoms with van der Waals surface area (Å²) in [5.74, 6) is 2.16. The van der Waals surface area contributed by atoms with E-state index in [0.717, 1.165) is 5.56 Å². The second kappa shape index (κ2) is 8.91. The summed E-state index contributed by atoms with van der Waals surface area (Å²) in [4.78, 5) is 12.1. The van der Waals surface area contributed by atoms with Gasteiger partial charge in [-0.2, -0.15) is 0 Å². The Kier molecular flexibility index (Phi) is 8.62. The van der Waals surface area contributed by atoms with Gasteiger partial charge in [0.1, 0.15) is 11.5 Å². The van der Waals surface area contributed by atoms with E-state index in [-0.39, 0.29) is 29.9 Å². The average Bonchev–Trinajstić information content (AvgIpc) is 2.44. The summed E-state index contributed by atoms with van der Waals surface area (Å²) in [6, 6.07) is 7.73. The van der Waals surface area contributed by atoms with Gasteiger partial charge in [-0.15, -0.1) is 0 Å². The van der Waals surface area contributed by atoms with Gasteiger partial charge in [0.25, 0.3) is 0 Å². The number of hydrogen-bond donors (Lipinski definition) is 2.